The minimum atomic E-state index is -4.17. The summed E-state index contributed by atoms with van der Waals surface area (Å²) in [6, 6.07) is 0.536. The molecule has 5 nitrogen and oxygen atoms in total. The van der Waals surface area contributed by atoms with Crippen molar-refractivity contribution in [3.63, 3.8) is 0 Å². The summed E-state index contributed by atoms with van der Waals surface area (Å²) < 4.78 is 25.2. The van der Waals surface area contributed by atoms with Crippen molar-refractivity contribution in [2.24, 2.45) is 10.9 Å². The van der Waals surface area contributed by atoms with Crippen LogP contribution in [-0.2, 0) is 10.3 Å². The third kappa shape index (κ3) is 19.3. The molecule has 0 spiro atoms. The average Bonchev–Trinajstić information content (AvgIpc) is 1.85. The molecule has 0 unspecified atom stereocenters. The molecule has 1 aliphatic rings. The van der Waals surface area contributed by atoms with Gasteiger partial charge in [-0.1, -0.05) is 19.3 Å². The van der Waals surface area contributed by atoms with E-state index in [9.17, 15) is 0 Å². The zero-order valence-corrected chi connectivity index (χ0v) is 7.76. The maximum atomic E-state index is 8.97. The van der Waals surface area contributed by atoms with Crippen LogP contribution in [0.25, 0.3) is 0 Å². The fourth-order valence-corrected chi connectivity index (χ4v) is 1.13. The van der Waals surface area contributed by atoms with Crippen LogP contribution < -0.4 is 10.9 Å². The van der Waals surface area contributed by atoms with Gasteiger partial charge in [-0.15, -0.1) is 0 Å². The minimum absolute atomic E-state index is 0. The van der Waals surface area contributed by atoms with Crippen LogP contribution in [-0.4, -0.2) is 48.6 Å². The van der Waals surface area contributed by atoms with Crippen LogP contribution in [0.2, 0.25) is 0 Å². The van der Waals surface area contributed by atoms with Gasteiger partial charge in [0.05, 0.1) is 0 Å². The Kier molecular flexibility index (Phi) is 10.2. The maximum absolute atomic E-state index is 8.97. The van der Waals surface area contributed by atoms with Crippen molar-refractivity contribution in [3.05, 3.63) is 0 Å². The molecule has 0 aliphatic heterocycles. The third-order valence-electron chi connectivity index (χ3n) is 1.65. The monoisotopic (exact) mass is 220 g/mol. The normalized spacial score (nSPS) is 18.1. The SMILES string of the molecule is NC1CCCCC1.NS(=O)(=O)O.[NaH]. The fourth-order valence-electron chi connectivity index (χ4n) is 1.13. The van der Waals surface area contributed by atoms with E-state index in [0.717, 1.165) is 0 Å². The molecule has 0 saturated heterocycles. The molecule has 0 bridgehead atoms. The molecule has 13 heavy (non-hydrogen) atoms. The number of hydrogen-bond acceptors (Lipinski definition) is 3. The molecule has 0 amide bonds. The second-order valence-electron chi connectivity index (χ2n) is 2.91. The Morgan fingerprint density at radius 2 is 1.46 bits per heavy atom. The summed E-state index contributed by atoms with van der Waals surface area (Å²) in [7, 11) is -4.17. The van der Waals surface area contributed by atoms with Crippen molar-refractivity contribution in [1.82, 2.24) is 0 Å². The summed E-state index contributed by atoms with van der Waals surface area (Å²) in [4.78, 5) is 0. The predicted octanol–water partition coefficient (Wildman–Crippen LogP) is -0.623. The first-order valence-corrected chi connectivity index (χ1v) is 5.40. The van der Waals surface area contributed by atoms with Crippen LogP contribution in [0.15, 0.2) is 0 Å². The van der Waals surface area contributed by atoms with Gasteiger partial charge in [0.2, 0.25) is 0 Å². The van der Waals surface area contributed by atoms with Crippen LogP contribution in [0, 0.1) is 0 Å². The van der Waals surface area contributed by atoms with Crippen molar-refractivity contribution < 1.29 is 13.0 Å². The standard InChI is InChI=1S/C6H13N.H3NO3S.Na.H/c7-6-4-2-1-3-5-6;1-5(2,3)4;;/h6H,1-5,7H2;(H3,1,2,3,4);;. The van der Waals surface area contributed by atoms with Crippen LogP contribution in [0.3, 0.4) is 0 Å². The molecule has 0 radical (unpaired) electrons. The van der Waals surface area contributed by atoms with E-state index in [1.54, 1.807) is 0 Å². The molecular formula is C6H17N2NaO3S. The first-order chi connectivity index (χ1) is 5.39. The molecule has 1 aliphatic carbocycles. The molecule has 0 aromatic carbocycles. The van der Waals surface area contributed by atoms with Crippen LogP contribution in [0.1, 0.15) is 32.1 Å². The van der Waals surface area contributed by atoms with E-state index < -0.39 is 10.3 Å². The van der Waals surface area contributed by atoms with E-state index in [4.69, 9.17) is 18.7 Å². The molecule has 1 rings (SSSR count). The van der Waals surface area contributed by atoms with Gasteiger partial charge in [-0.3, -0.25) is 4.55 Å². The van der Waals surface area contributed by atoms with Crippen molar-refractivity contribution in [2.75, 3.05) is 0 Å². The molecular weight excluding hydrogens is 203 g/mol. The Bertz CT molecular complexity index is 194. The summed E-state index contributed by atoms with van der Waals surface area (Å²) >= 11 is 0. The van der Waals surface area contributed by atoms with Crippen molar-refractivity contribution in [3.8, 4) is 0 Å². The topological polar surface area (TPSA) is 106 Å². The van der Waals surface area contributed by atoms with Crippen LogP contribution in [0.4, 0.5) is 0 Å². The van der Waals surface area contributed by atoms with E-state index in [1.165, 1.54) is 32.1 Å². The van der Waals surface area contributed by atoms with Gasteiger partial charge in [-0.2, -0.15) is 8.42 Å². The Hall–Kier alpha value is 0.830. The van der Waals surface area contributed by atoms with E-state index >= 15 is 0 Å². The molecule has 0 aromatic rings. The second kappa shape index (κ2) is 8.16. The summed E-state index contributed by atoms with van der Waals surface area (Å²) in [5.41, 5.74) is 5.63. The molecule has 1 saturated carbocycles. The zero-order chi connectivity index (χ0) is 9.61. The summed E-state index contributed by atoms with van der Waals surface area (Å²) in [6.07, 6.45) is 6.66. The predicted molar refractivity (Wildman–Crippen MR) is 53.9 cm³/mol. The second-order valence-corrected chi connectivity index (χ2v) is 3.94. The zero-order valence-electron chi connectivity index (χ0n) is 6.94. The van der Waals surface area contributed by atoms with Gasteiger partial charge < -0.3 is 5.73 Å². The van der Waals surface area contributed by atoms with Gasteiger partial charge in [-0.25, -0.2) is 5.14 Å². The first kappa shape index (κ1) is 16.3. The third-order valence-corrected chi connectivity index (χ3v) is 1.65. The van der Waals surface area contributed by atoms with Crippen LogP contribution >= 0.6 is 0 Å². The fraction of sp³-hybridized carbons (Fsp3) is 1.00. The van der Waals surface area contributed by atoms with Gasteiger partial charge in [0.1, 0.15) is 0 Å². The van der Waals surface area contributed by atoms with E-state index in [-0.39, 0.29) is 29.6 Å². The Labute approximate surface area is 101 Å². The van der Waals surface area contributed by atoms with Gasteiger partial charge in [0.25, 0.3) is 0 Å². The number of rotatable bonds is 0. The molecule has 0 atom stereocenters. The van der Waals surface area contributed by atoms with E-state index in [1.807, 2.05) is 0 Å². The molecule has 1 fully saturated rings. The van der Waals surface area contributed by atoms with E-state index in [0.29, 0.717) is 6.04 Å². The molecule has 76 valence electrons. The van der Waals surface area contributed by atoms with Crippen molar-refractivity contribution in [2.45, 2.75) is 38.1 Å². The van der Waals surface area contributed by atoms with Gasteiger partial charge in [-0.05, 0) is 12.8 Å². The molecule has 7 heteroatoms. The summed E-state index contributed by atoms with van der Waals surface area (Å²) in [5.74, 6) is 0. The molecule has 5 N–H and O–H groups in total. The Morgan fingerprint density at radius 1 is 1.15 bits per heavy atom. The Morgan fingerprint density at radius 3 is 1.62 bits per heavy atom. The number of hydrogen-bond donors (Lipinski definition) is 3. The number of nitrogens with two attached hydrogens (primary N) is 2. The van der Waals surface area contributed by atoms with Gasteiger partial charge in [0, 0.05) is 6.04 Å². The summed E-state index contributed by atoms with van der Waals surface area (Å²) in [5, 5.41) is 3.88. The van der Waals surface area contributed by atoms with Gasteiger partial charge in [0.15, 0.2) is 0 Å². The van der Waals surface area contributed by atoms with Gasteiger partial charge >= 0.3 is 39.9 Å². The molecule has 0 heterocycles. The van der Waals surface area contributed by atoms with Crippen LogP contribution in [0.5, 0.6) is 0 Å². The average molecular weight is 220 g/mol. The van der Waals surface area contributed by atoms with Crippen molar-refractivity contribution in [1.29, 1.82) is 0 Å². The quantitative estimate of drug-likeness (QED) is 0.373. The molecule has 0 aromatic heterocycles. The van der Waals surface area contributed by atoms with Crippen molar-refractivity contribution >= 4 is 39.9 Å². The van der Waals surface area contributed by atoms with E-state index in [2.05, 4.69) is 5.14 Å². The first-order valence-electron chi connectivity index (χ1n) is 3.90. The Balaban J connectivity index is 0. The summed E-state index contributed by atoms with van der Waals surface area (Å²) in [6.45, 7) is 0.